The van der Waals surface area contributed by atoms with Gasteiger partial charge in [-0.25, -0.2) is 4.79 Å². The SMILES string of the molecule is COc1cc2[nH]c(=O)c3nn(COC(=O)c4cccnc4)nc3c(=O)c2cc1OC. The number of carbonyl (C=O) groups is 1. The summed E-state index contributed by atoms with van der Waals surface area (Å²) in [6, 6.07) is 6.07. The van der Waals surface area contributed by atoms with Gasteiger partial charge in [-0.05, 0) is 18.2 Å². The summed E-state index contributed by atoms with van der Waals surface area (Å²) >= 11 is 0. The molecule has 0 fully saturated rings. The highest BCUT2D eigenvalue weighted by molar-refractivity contribution is 5.89. The molecule has 3 aromatic heterocycles. The minimum Gasteiger partial charge on any atom is -0.493 e. The summed E-state index contributed by atoms with van der Waals surface area (Å²) in [5.74, 6) is 0.0258. The van der Waals surface area contributed by atoms with E-state index in [1.807, 2.05) is 0 Å². The third kappa shape index (κ3) is 3.32. The Morgan fingerprint density at radius 2 is 1.83 bits per heavy atom. The molecule has 0 atom stereocenters. The Kier molecular flexibility index (Phi) is 4.84. The first-order valence-electron chi connectivity index (χ1n) is 8.66. The lowest BCUT2D eigenvalue weighted by Gasteiger charge is -2.07. The molecule has 0 spiro atoms. The number of benzene rings is 1. The molecule has 4 aromatic rings. The fraction of sp³-hybridized carbons (Fsp3) is 0.158. The summed E-state index contributed by atoms with van der Waals surface area (Å²) in [6.07, 6.45) is 2.87. The van der Waals surface area contributed by atoms with Crippen LogP contribution in [0.1, 0.15) is 10.4 Å². The van der Waals surface area contributed by atoms with Crippen molar-refractivity contribution in [2.24, 2.45) is 0 Å². The lowest BCUT2D eigenvalue weighted by molar-refractivity contribution is 0.0323. The molecule has 11 nitrogen and oxygen atoms in total. The Bertz CT molecular complexity index is 1380. The van der Waals surface area contributed by atoms with E-state index >= 15 is 0 Å². The van der Waals surface area contributed by atoms with Crippen molar-refractivity contribution in [2.75, 3.05) is 14.2 Å². The van der Waals surface area contributed by atoms with Gasteiger partial charge in [0.05, 0.1) is 30.7 Å². The number of rotatable bonds is 5. The fourth-order valence-electron chi connectivity index (χ4n) is 2.87. The Balaban J connectivity index is 1.77. The molecular weight excluding hydrogens is 394 g/mol. The molecule has 1 aromatic carbocycles. The van der Waals surface area contributed by atoms with Gasteiger partial charge in [0.25, 0.3) is 5.56 Å². The second-order valence-electron chi connectivity index (χ2n) is 6.11. The van der Waals surface area contributed by atoms with E-state index in [0.29, 0.717) is 11.5 Å². The molecule has 0 aliphatic rings. The van der Waals surface area contributed by atoms with Crippen molar-refractivity contribution < 1.29 is 19.0 Å². The summed E-state index contributed by atoms with van der Waals surface area (Å²) in [5, 5.41) is 8.19. The molecular formula is C19H15N5O6. The number of hydrogen-bond donors (Lipinski definition) is 1. The van der Waals surface area contributed by atoms with Crippen LogP contribution in [0.3, 0.4) is 0 Å². The van der Waals surface area contributed by atoms with E-state index in [2.05, 4.69) is 20.2 Å². The van der Waals surface area contributed by atoms with Gasteiger partial charge in [0.15, 0.2) is 22.5 Å². The van der Waals surface area contributed by atoms with Gasteiger partial charge >= 0.3 is 5.97 Å². The number of ether oxygens (including phenoxy) is 3. The predicted molar refractivity (Wildman–Crippen MR) is 105 cm³/mol. The number of hydrogen-bond acceptors (Lipinski definition) is 9. The van der Waals surface area contributed by atoms with Crippen LogP contribution in [0, 0.1) is 0 Å². The molecule has 30 heavy (non-hydrogen) atoms. The molecule has 0 amide bonds. The minimum absolute atomic E-state index is 0.166. The lowest BCUT2D eigenvalue weighted by Crippen LogP contribution is -2.13. The summed E-state index contributed by atoms with van der Waals surface area (Å²) < 4.78 is 15.5. The third-order valence-electron chi connectivity index (χ3n) is 4.31. The smallest absolute Gasteiger partial charge is 0.341 e. The molecule has 0 radical (unpaired) electrons. The van der Waals surface area contributed by atoms with Crippen molar-refractivity contribution in [1.29, 1.82) is 0 Å². The number of H-pyrrole nitrogens is 1. The number of nitrogens with one attached hydrogen (secondary N) is 1. The maximum absolute atomic E-state index is 13.0. The molecule has 4 rings (SSSR count). The number of esters is 1. The van der Waals surface area contributed by atoms with Gasteiger partial charge in [-0.3, -0.25) is 14.6 Å². The maximum atomic E-state index is 13.0. The van der Waals surface area contributed by atoms with Crippen LogP contribution in [-0.4, -0.2) is 45.2 Å². The van der Waals surface area contributed by atoms with E-state index < -0.39 is 17.0 Å². The van der Waals surface area contributed by atoms with Gasteiger partial charge in [0.1, 0.15) is 0 Å². The number of methoxy groups -OCH3 is 2. The summed E-state index contributed by atoms with van der Waals surface area (Å²) in [5.41, 5.74) is -1.03. The fourth-order valence-corrected chi connectivity index (χ4v) is 2.87. The molecule has 0 aliphatic carbocycles. The van der Waals surface area contributed by atoms with Crippen molar-refractivity contribution in [2.45, 2.75) is 6.73 Å². The Morgan fingerprint density at radius 1 is 1.10 bits per heavy atom. The summed E-state index contributed by atoms with van der Waals surface area (Å²) in [7, 11) is 2.88. The number of aromatic amines is 1. The van der Waals surface area contributed by atoms with Crippen molar-refractivity contribution in [3.8, 4) is 11.5 Å². The molecule has 0 bridgehead atoms. The monoisotopic (exact) mass is 409 g/mol. The topological polar surface area (TPSA) is 138 Å². The number of aromatic nitrogens is 5. The number of pyridine rings is 1. The average molecular weight is 409 g/mol. The zero-order valence-electron chi connectivity index (χ0n) is 15.9. The Hall–Kier alpha value is -4.28. The highest BCUT2D eigenvalue weighted by Crippen LogP contribution is 2.29. The van der Waals surface area contributed by atoms with Gasteiger partial charge in [0.2, 0.25) is 12.2 Å². The Morgan fingerprint density at radius 3 is 2.53 bits per heavy atom. The zero-order chi connectivity index (χ0) is 21.3. The summed E-state index contributed by atoms with van der Waals surface area (Å²) in [4.78, 5) is 45.0. The van der Waals surface area contributed by atoms with Crippen molar-refractivity contribution in [3.63, 3.8) is 0 Å². The molecule has 11 heteroatoms. The first-order valence-corrected chi connectivity index (χ1v) is 8.66. The second kappa shape index (κ2) is 7.62. The lowest BCUT2D eigenvalue weighted by atomic mass is 10.2. The van der Waals surface area contributed by atoms with E-state index in [0.717, 1.165) is 4.80 Å². The molecule has 0 aliphatic heterocycles. The van der Waals surface area contributed by atoms with Crippen molar-refractivity contribution in [1.82, 2.24) is 25.0 Å². The van der Waals surface area contributed by atoms with Crippen LogP contribution in [0.2, 0.25) is 0 Å². The average Bonchev–Trinajstić information content (AvgIpc) is 3.18. The number of fused-ring (bicyclic) bond motifs is 2. The van der Waals surface area contributed by atoms with Crippen molar-refractivity contribution in [3.05, 3.63) is 62.8 Å². The van der Waals surface area contributed by atoms with Crippen LogP contribution in [0.5, 0.6) is 11.5 Å². The van der Waals surface area contributed by atoms with Gasteiger partial charge in [-0.1, -0.05) is 0 Å². The largest absolute Gasteiger partial charge is 0.493 e. The van der Waals surface area contributed by atoms with Gasteiger partial charge in [0, 0.05) is 18.5 Å². The van der Waals surface area contributed by atoms with Crippen LogP contribution in [-0.2, 0) is 11.5 Å². The normalized spacial score (nSPS) is 10.9. The highest BCUT2D eigenvalue weighted by Gasteiger charge is 2.16. The molecule has 152 valence electrons. The van der Waals surface area contributed by atoms with E-state index in [1.54, 1.807) is 6.07 Å². The first kappa shape index (κ1) is 19.1. The molecule has 1 N–H and O–H groups in total. The van der Waals surface area contributed by atoms with Gasteiger partial charge < -0.3 is 19.2 Å². The second-order valence-corrected chi connectivity index (χ2v) is 6.11. The Labute approximate surface area is 167 Å². The zero-order valence-corrected chi connectivity index (χ0v) is 15.9. The van der Waals surface area contributed by atoms with E-state index in [1.165, 1.54) is 44.8 Å². The first-order chi connectivity index (χ1) is 14.5. The summed E-state index contributed by atoms with van der Waals surface area (Å²) in [6.45, 7) is -0.389. The molecule has 0 saturated carbocycles. The van der Waals surface area contributed by atoms with Crippen molar-refractivity contribution >= 4 is 27.9 Å². The number of carbonyl (C=O) groups excluding carboxylic acids is 1. The van der Waals surface area contributed by atoms with E-state index in [4.69, 9.17) is 14.2 Å². The maximum Gasteiger partial charge on any atom is 0.341 e. The van der Waals surface area contributed by atoms with Gasteiger partial charge in [-0.2, -0.15) is 0 Å². The minimum atomic E-state index is -0.645. The van der Waals surface area contributed by atoms with Crippen LogP contribution >= 0.6 is 0 Å². The molecule has 0 unspecified atom stereocenters. The van der Waals surface area contributed by atoms with E-state index in [-0.39, 0.29) is 34.2 Å². The van der Waals surface area contributed by atoms with Crippen LogP contribution in [0.25, 0.3) is 21.9 Å². The van der Waals surface area contributed by atoms with Crippen LogP contribution in [0.4, 0.5) is 0 Å². The van der Waals surface area contributed by atoms with E-state index in [9.17, 15) is 14.4 Å². The van der Waals surface area contributed by atoms with Gasteiger partial charge in [-0.15, -0.1) is 15.0 Å². The molecule has 0 saturated heterocycles. The quantitative estimate of drug-likeness (QED) is 0.476. The molecule has 3 heterocycles. The third-order valence-corrected chi connectivity index (χ3v) is 4.31. The standard InChI is InChI=1S/C19H15N5O6/c1-28-13-6-11-12(7-14(13)29-2)21-18(26)16-15(17(11)25)22-24(23-16)9-30-19(27)10-4-3-5-20-8-10/h3-8H,9H2,1-2H3,(H,21,26). The predicted octanol–water partition coefficient (Wildman–Crippen LogP) is 0.860. The van der Waals surface area contributed by atoms with Crippen LogP contribution < -0.4 is 20.5 Å². The van der Waals surface area contributed by atoms with Crippen LogP contribution in [0.15, 0.2) is 46.2 Å². The number of nitrogens with zero attached hydrogens (tertiary/aromatic N) is 4. The highest BCUT2D eigenvalue weighted by atomic mass is 16.5.